The van der Waals surface area contributed by atoms with Crippen molar-refractivity contribution in [3.8, 4) is 56.4 Å². The normalized spacial score (nSPS) is 10.9. The molecule has 0 radical (unpaired) electrons. The molecule has 0 aliphatic rings. The fourth-order valence-electron chi connectivity index (χ4n) is 4.33. The summed E-state index contributed by atoms with van der Waals surface area (Å²) in [7, 11) is 0. The van der Waals surface area contributed by atoms with E-state index >= 15 is 0 Å². The predicted molar refractivity (Wildman–Crippen MR) is 162 cm³/mol. The summed E-state index contributed by atoms with van der Waals surface area (Å²) >= 11 is 7.19. The molecule has 0 aliphatic heterocycles. The second-order valence-electron chi connectivity index (χ2n) is 8.85. The van der Waals surface area contributed by atoms with Gasteiger partial charge < -0.3 is 0 Å². The highest BCUT2D eigenvalue weighted by atomic mass is 79.9. The van der Waals surface area contributed by atoms with Crippen LogP contribution in [0.4, 0.5) is 0 Å². The van der Waals surface area contributed by atoms with Crippen molar-refractivity contribution in [1.29, 1.82) is 0 Å². The Bertz CT molecular complexity index is 1580. The summed E-state index contributed by atoms with van der Waals surface area (Å²) in [5.41, 5.74) is 7.42. The Kier molecular flexibility index (Phi) is 6.95. The van der Waals surface area contributed by atoms with Gasteiger partial charge in [0.05, 0.1) is 0 Å². The van der Waals surface area contributed by atoms with Crippen LogP contribution in [0.5, 0.6) is 0 Å². The molecule has 0 amide bonds. The highest BCUT2D eigenvalue weighted by molar-refractivity contribution is 9.11. The largest absolute Gasteiger partial charge is 0.208 e. The number of nitrogens with zero attached hydrogens (tertiary/aromatic N) is 3. The Hall–Kier alpha value is -3.93. The number of rotatable bonds is 5. The molecule has 6 rings (SSSR count). The predicted octanol–water partition coefficient (Wildman–Crippen LogP) is 9.73. The van der Waals surface area contributed by atoms with Gasteiger partial charge in [-0.05, 0) is 40.5 Å². The van der Waals surface area contributed by atoms with Gasteiger partial charge in [-0.1, -0.05) is 141 Å². The Morgan fingerprint density at radius 1 is 0.316 bits per heavy atom. The molecule has 5 aromatic carbocycles. The van der Waals surface area contributed by atoms with Gasteiger partial charge >= 0.3 is 0 Å². The number of aromatic nitrogens is 3. The number of hydrogen-bond acceptors (Lipinski definition) is 3. The molecule has 1 heterocycles. The van der Waals surface area contributed by atoms with E-state index in [2.05, 4.69) is 105 Å². The summed E-state index contributed by atoms with van der Waals surface area (Å²) in [6.07, 6.45) is 0. The van der Waals surface area contributed by atoms with Crippen LogP contribution in [-0.2, 0) is 0 Å². The maximum absolute atomic E-state index is 4.90. The molecule has 1 aromatic heterocycles. The van der Waals surface area contributed by atoms with Crippen molar-refractivity contribution < 1.29 is 0 Å². The molecule has 6 aromatic rings. The fourth-order valence-corrected chi connectivity index (χ4v) is 5.62. The van der Waals surface area contributed by atoms with Gasteiger partial charge in [-0.2, -0.15) is 0 Å². The molecule has 0 spiro atoms. The van der Waals surface area contributed by atoms with Crippen LogP contribution in [0.25, 0.3) is 56.4 Å². The third-order valence-electron chi connectivity index (χ3n) is 6.26. The van der Waals surface area contributed by atoms with Crippen molar-refractivity contribution in [3.05, 3.63) is 136 Å². The van der Waals surface area contributed by atoms with Crippen LogP contribution >= 0.6 is 31.9 Å². The molecule has 0 atom stereocenters. The van der Waals surface area contributed by atoms with Gasteiger partial charge in [-0.25, -0.2) is 15.0 Å². The first kappa shape index (κ1) is 24.4. The van der Waals surface area contributed by atoms with Crippen molar-refractivity contribution in [1.82, 2.24) is 15.0 Å². The van der Waals surface area contributed by atoms with Crippen molar-refractivity contribution in [2.24, 2.45) is 0 Å². The molecule has 0 fully saturated rings. The summed E-state index contributed by atoms with van der Waals surface area (Å²) in [5.74, 6) is 1.88. The molecule has 0 N–H and O–H groups in total. The Labute approximate surface area is 238 Å². The van der Waals surface area contributed by atoms with E-state index in [0.717, 1.165) is 36.8 Å². The summed E-state index contributed by atoms with van der Waals surface area (Å²) in [6, 6.07) is 43.4. The molecule has 0 unspecified atom stereocenters. The van der Waals surface area contributed by atoms with Crippen LogP contribution in [0.15, 0.2) is 136 Å². The molecule has 3 nitrogen and oxygen atoms in total. The standard InChI is InChI=1S/C33H21Br2N3/c34-29-19-28(20-30(35)21-29)33-37-31(26-15-11-24(12-16-26)22-7-3-1-4-8-22)36-32(38-33)27-17-13-25(14-18-27)23-9-5-2-6-10-23/h1-21H. The first-order valence-electron chi connectivity index (χ1n) is 12.2. The van der Waals surface area contributed by atoms with Gasteiger partial charge in [0.1, 0.15) is 0 Å². The summed E-state index contributed by atoms with van der Waals surface area (Å²) in [5, 5.41) is 0. The lowest BCUT2D eigenvalue weighted by molar-refractivity contribution is 1.07. The minimum atomic E-state index is 0.617. The van der Waals surface area contributed by atoms with E-state index in [1.54, 1.807) is 0 Å². The zero-order valence-electron chi connectivity index (χ0n) is 20.2. The van der Waals surface area contributed by atoms with Gasteiger partial charge in [-0.3, -0.25) is 0 Å². The number of benzene rings is 5. The zero-order valence-corrected chi connectivity index (χ0v) is 23.4. The Morgan fingerprint density at radius 3 is 1.03 bits per heavy atom. The zero-order chi connectivity index (χ0) is 25.9. The van der Waals surface area contributed by atoms with Gasteiger partial charge in [0.25, 0.3) is 0 Å². The first-order chi connectivity index (χ1) is 18.6. The lowest BCUT2D eigenvalue weighted by atomic mass is 10.0. The van der Waals surface area contributed by atoms with Crippen LogP contribution < -0.4 is 0 Å². The first-order valence-corrected chi connectivity index (χ1v) is 13.8. The average Bonchev–Trinajstić information content (AvgIpc) is 2.97. The number of hydrogen-bond donors (Lipinski definition) is 0. The van der Waals surface area contributed by atoms with Gasteiger partial charge in [0, 0.05) is 25.6 Å². The third kappa shape index (κ3) is 5.35. The van der Waals surface area contributed by atoms with E-state index in [1.165, 1.54) is 11.1 Å². The highest BCUT2D eigenvalue weighted by Gasteiger charge is 2.14. The van der Waals surface area contributed by atoms with Gasteiger partial charge in [0.2, 0.25) is 0 Å². The van der Waals surface area contributed by atoms with Crippen LogP contribution in [-0.4, -0.2) is 15.0 Å². The minimum Gasteiger partial charge on any atom is -0.208 e. The maximum atomic E-state index is 4.90. The molecular formula is C33H21Br2N3. The fraction of sp³-hybridized carbons (Fsp3) is 0. The van der Waals surface area contributed by atoms with E-state index in [4.69, 9.17) is 15.0 Å². The van der Waals surface area contributed by atoms with Crippen molar-refractivity contribution in [3.63, 3.8) is 0 Å². The summed E-state index contributed by atoms with van der Waals surface area (Å²) < 4.78 is 1.90. The Morgan fingerprint density at radius 2 is 0.632 bits per heavy atom. The summed E-state index contributed by atoms with van der Waals surface area (Å²) in [6.45, 7) is 0. The van der Waals surface area contributed by atoms with E-state index in [1.807, 2.05) is 54.6 Å². The SMILES string of the molecule is Brc1cc(Br)cc(-c2nc(-c3ccc(-c4ccccc4)cc3)nc(-c3ccc(-c4ccccc4)cc3)n2)c1. The third-order valence-corrected chi connectivity index (χ3v) is 7.17. The topological polar surface area (TPSA) is 38.7 Å². The monoisotopic (exact) mass is 617 g/mol. The molecule has 182 valence electrons. The molecule has 0 saturated heterocycles. The van der Waals surface area contributed by atoms with Crippen molar-refractivity contribution in [2.45, 2.75) is 0 Å². The maximum Gasteiger partial charge on any atom is 0.164 e. The van der Waals surface area contributed by atoms with Crippen molar-refractivity contribution >= 4 is 31.9 Å². The second kappa shape index (κ2) is 10.8. The summed E-state index contributed by atoms with van der Waals surface area (Å²) in [4.78, 5) is 14.7. The second-order valence-corrected chi connectivity index (χ2v) is 10.7. The van der Waals surface area contributed by atoms with Crippen LogP contribution in [0.1, 0.15) is 0 Å². The molecule has 0 aliphatic carbocycles. The quantitative estimate of drug-likeness (QED) is 0.193. The highest BCUT2D eigenvalue weighted by Crippen LogP contribution is 2.30. The molecule has 0 bridgehead atoms. The Balaban J connectivity index is 1.44. The van der Waals surface area contributed by atoms with E-state index < -0.39 is 0 Å². The minimum absolute atomic E-state index is 0.617. The molecule has 38 heavy (non-hydrogen) atoms. The van der Waals surface area contributed by atoms with Crippen LogP contribution in [0.3, 0.4) is 0 Å². The van der Waals surface area contributed by atoms with Crippen LogP contribution in [0.2, 0.25) is 0 Å². The van der Waals surface area contributed by atoms with E-state index in [9.17, 15) is 0 Å². The van der Waals surface area contributed by atoms with Crippen molar-refractivity contribution in [2.75, 3.05) is 0 Å². The van der Waals surface area contributed by atoms with Gasteiger partial charge in [0.15, 0.2) is 17.5 Å². The van der Waals surface area contributed by atoms with E-state index in [-0.39, 0.29) is 0 Å². The van der Waals surface area contributed by atoms with Gasteiger partial charge in [-0.15, -0.1) is 0 Å². The lowest BCUT2D eigenvalue weighted by Crippen LogP contribution is -2.00. The smallest absolute Gasteiger partial charge is 0.164 e. The molecule has 5 heteroatoms. The molecule has 0 saturated carbocycles. The van der Waals surface area contributed by atoms with E-state index in [0.29, 0.717) is 17.5 Å². The average molecular weight is 619 g/mol. The lowest BCUT2D eigenvalue weighted by Gasteiger charge is -2.10. The number of halogens is 2. The molecular weight excluding hydrogens is 598 g/mol. The van der Waals surface area contributed by atoms with Crippen LogP contribution in [0, 0.1) is 0 Å².